The van der Waals surface area contributed by atoms with E-state index in [0.717, 1.165) is 0 Å². The molecule has 2 aromatic rings. The lowest BCUT2D eigenvalue weighted by molar-refractivity contribution is 0.0950. The van der Waals surface area contributed by atoms with Crippen molar-refractivity contribution < 1.29 is 14.3 Å². The van der Waals surface area contributed by atoms with Crippen LogP contribution in [-0.2, 0) is 0 Å². The Bertz CT molecular complexity index is 843. The number of benzene rings is 1. The molecular weight excluding hydrogens is 391 g/mol. The van der Waals surface area contributed by atoms with Crippen molar-refractivity contribution in [1.82, 2.24) is 10.4 Å². The molecule has 0 aliphatic rings. The largest absolute Gasteiger partial charge is 0.493 e. The van der Waals surface area contributed by atoms with Crippen LogP contribution >= 0.6 is 34.8 Å². The van der Waals surface area contributed by atoms with Crippen LogP contribution < -0.4 is 20.6 Å². The Hall–Kier alpha value is -2.22. The van der Waals surface area contributed by atoms with E-state index >= 15 is 0 Å². The average molecular weight is 404 g/mol. The summed E-state index contributed by atoms with van der Waals surface area (Å²) in [7, 11) is 3.01. The summed E-state index contributed by atoms with van der Waals surface area (Å²) < 4.78 is 10.4. The zero-order chi connectivity index (χ0) is 18.6. The highest BCUT2D eigenvalue weighted by atomic mass is 35.5. The van der Waals surface area contributed by atoms with Crippen LogP contribution in [0.4, 0.5) is 5.69 Å². The van der Waals surface area contributed by atoms with Gasteiger partial charge in [0.2, 0.25) is 0 Å². The number of hydrogen-bond donors (Lipinski definition) is 2. The third-order valence-corrected chi connectivity index (χ3v) is 4.23. The van der Waals surface area contributed by atoms with Gasteiger partial charge in [0, 0.05) is 5.56 Å². The van der Waals surface area contributed by atoms with E-state index in [2.05, 4.69) is 15.5 Å². The standard InChI is InChI=1S/C15H13Cl3N4O3/c1-24-8-5-3-4-7(13(8)25-2)6-20-22-15(23)12-9(16)11(19)10(17)14(18)21-12/h3-6H,1-2H3,(H2,19,21)(H,22,23)/b20-6+. The Morgan fingerprint density at radius 2 is 1.96 bits per heavy atom. The molecule has 0 aliphatic carbocycles. The van der Waals surface area contributed by atoms with Crippen LogP contribution in [0, 0.1) is 0 Å². The molecule has 1 aromatic carbocycles. The molecule has 1 amide bonds. The van der Waals surface area contributed by atoms with Gasteiger partial charge in [-0.1, -0.05) is 40.9 Å². The van der Waals surface area contributed by atoms with Crippen molar-refractivity contribution in [3.63, 3.8) is 0 Å². The lowest BCUT2D eigenvalue weighted by Gasteiger charge is -2.10. The third-order valence-electron chi connectivity index (χ3n) is 3.09. The number of carbonyl (C=O) groups is 1. The van der Waals surface area contributed by atoms with Gasteiger partial charge < -0.3 is 15.2 Å². The summed E-state index contributed by atoms with van der Waals surface area (Å²) in [4.78, 5) is 16.0. The summed E-state index contributed by atoms with van der Waals surface area (Å²) in [5.41, 5.74) is 8.32. The number of nitrogens with zero attached hydrogens (tertiary/aromatic N) is 2. The second-order valence-corrected chi connectivity index (χ2v) is 5.69. The number of aromatic nitrogens is 1. The van der Waals surface area contributed by atoms with Gasteiger partial charge in [-0.25, -0.2) is 10.4 Å². The van der Waals surface area contributed by atoms with E-state index in [1.165, 1.54) is 20.4 Å². The normalized spacial score (nSPS) is 10.8. The molecule has 1 heterocycles. The van der Waals surface area contributed by atoms with Gasteiger partial charge in [-0.2, -0.15) is 5.10 Å². The van der Waals surface area contributed by atoms with Crippen molar-refractivity contribution in [2.45, 2.75) is 0 Å². The van der Waals surface area contributed by atoms with Crippen molar-refractivity contribution in [1.29, 1.82) is 0 Å². The number of nitrogens with one attached hydrogen (secondary N) is 1. The van der Waals surface area contributed by atoms with Crippen molar-refractivity contribution in [2.24, 2.45) is 5.10 Å². The molecule has 0 aliphatic heterocycles. The number of rotatable bonds is 5. The minimum Gasteiger partial charge on any atom is -0.493 e. The topological polar surface area (TPSA) is 98.8 Å². The maximum Gasteiger partial charge on any atom is 0.291 e. The molecule has 0 saturated carbocycles. The van der Waals surface area contributed by atoms with E-state index in [1.54, 1.807) is 18.2 Å². The first-order valence-corrected chi connectivity index (χ1v) is 7.88. The summed E-state index contributed by atoms with van der Waals surface area (Å²) in [6.45, 7) is 0. The highest BCUT2D eigenvalue weighted by Crippen LogP contribution is 2.34. The number of methoxy groups -OCH3 is 2. The predicted molar refractivity (Wildman–Crippen MR) is 98.3 cm³/mol. The summed E-state index contributed by atoms with van der Waals surface area (Å²) in [6, 6.07) is 5.22. The van der Waals surface area contributed by atoms with Crippen LogP contribution in [0.1, 0.15) is 16.1 Å². The lowest BCUT2D eigenvalue weighted by Crippen LogP contribution is -2.20. The van der Waals surface area contributed by atoms with E-state index in [1.807, 2.05) is 0 Å². The van der Waals surface area contributed by atoms with Gasteiger partial charge in [0.15, 0.2) is 22.3 Å². The summed E-state index contributed by atoms with van der Waals surface area (Å²) in [6.07, 6.45) is 1.38. The molecule has 0 bridgehead atoms. The molecule has 7 nitrogen and oxygen atoms in total. The van der Waals surface area contributed by atoms with Gasteiger partial charge in [0.1, 0.15) is 5.02 Å². The fourth-order valence-corrected chi connectivity index (χ4v) is 2.50. The van der Waals surface area contributed by atoms with Crippen LogP contribution in [0.3, 0.4) is 0 Å². The quantitative estimate of drug-likeness (QED) is 0.453. The van der Waals surface area contributed by atoms with Crippen LogP contribution in [0.25, 0.3) is 0 Å². The number of hydrogen-bond acceptors (Lipinski definition) is 6. The second-order valence-electron chi connectivity index (χ2n) is 4.57. The van der Waals surface area contributed by atoms with E-state index in [0.29, 0.717) is 17.1 Å². The minimum atomic E-state index is -0.701. The van der Waals surface area contributed by atoms with Crippen LogP contribution in [-0.4, -0.2) is 31.3 Å². The van der Waals surface area contributed by atoms with Gasteiger partial charge in [-0.3, -0.25) is 4.79 Å². The van der Waals surface area contributed by atoms with E-state index in [4.69, 9.17) is 50.0 Å². The molecule has 25 heavy (non-hydrogen) atoms. The molecule has 0 saturated heterocycles. The van der Waals surface area contributed by atoms with Crippen LogP contribution in [0.15, 0.2) is 23.3 Å². The van der Waals surface area contributed by atoms with Crippen molar-refractivity contribution in [3.05, 3.63) is 44.7 Å². The number of nitrogens with two attached hydrogens (primary N) is 1. The number of carbonyl (C=O) groups excluding carboxylic acids is 1. The van der Waals surface area contributed by atoms with E-state index in [-0.39, 0.29) is 26.6 Å². The minimum absolute atomic E-state index is 0.0205. The number of para-hydroxylation sites is 1. The molecule has 0 radical (unpaired) electrons. The zero-order valence-electron chi connectivity index (χ0n) is 13.1. The number of hydrazone groups is 1. The smallest absolute Gasteiger partial charge is 0.291 e. The Morgan fingerprint density at radius 1 is 1.24 bits per heavy atom. The summed E-state index contributed by atoms with van der Waals surface area (Å²) in [5, 5.41) is 3.59. The number of ether oxygens (including phenoxy) is 2. The van der Waals surface area contributed by atoms with Crippen molar-refractivity contribution >= 4 is 52.6 Å². The molecular formula is C15H13Cl3N4O3. The van der Waals surface area contributed by atoms with Crippen molar-refractivity contribution in [2.75, 3.05) is 20.0 Å². The zero-order valence-corrected chi connectivity index (χ0v) is 15.4. The number of pyridine rings is 1. The highest BCUT2D eigenvalue weighted by Gasteiger charge is 2.19. The SMILES string of the molecule is COc1cccc(/C=N/NC(=O)c2nc(Cl)c(Cl)c(N)c2Cl)c1OC. The Kier molecular flexibility index (Phi) is 6.30. The average Bonchev–Trinajstić information content (AvgIpc) is 2.62. The van der Waals surface area contributed by atoms with Crippen LogP contribution in [0.2, 0.25) is 15.2 Å². The summed E-state index contributed by atoms with van der Waals surface area (Å²) in [5.74, 6) is 0.297. The van der Waals surface area contributed by atoms with Gasteiger partial charge in [0.25, 0.3) is 5.91 Å². The molecule has 132 valence electrons. The molecule has 0 unspecified atom stereocenters. The number of halogens is 3. The molecule has 3 N–H and O–H groups in total. The molecule has 0 spiro atoms. The third kappa shape index (κ3) is 4.07. The van der Waals surface area contributed by atoms with Crippen LogP contribution in [0.5, 0.6) is 11.5 Å². The highest BCUT2D eigenvalue weighted by molar-refractivity contribution is 6.46. The first kappa shape index (κ1) is 19.1. The molecule has 0 atom stereocenters. The summed E-state index contributed by atoms with van der Waals surface area (Å²) >= 11 is 17.6. The first-order chi connectivity index (χ1) is 11.9. The Labute approximate surface area is 158 Å². The molecule has 0 fully saturated rings. The number of anilines is 1. The molecule has 2 rings (SSSR count). The molecule has 1 aromatic heterocycles. The number of nitrogen functional groups attached to an aromatic ring is 1. The van der Waals surface area contributed by atoms with Gasteiger partial charge >= 0.3 is 0 Å². The lowest BCUT2D eigenvalue weighted by atomic mass is 10.2. The van der Waals surface area contributed by atoms with Crippen molar-refractivity contribution in [3.8, 4) is 11.5 Å². The molecule has 10 heteroatoms. The first-order valence-electron chi connectivity index (χ1n) is 6.75. The van der Waals surface area contributed by atoms with Gasteiger partial charge in [-0.15, -0.1) is 0 Å². The Morgan fingerprint density at radius 3 is 2.60 bits per heavy atom. The maximum atomic E-state index is 12.2. The van der Waals surface area contributed by atoms with Gasteiger partial charge in [0.05, 0.1) is 31.1 Å². The van der Waals surface area contributed by atoms with Gasteiger partial charge in [-0.05, 0) is 12.1 Å². The monoisotopic (exact) mass is 402 g/mol. The number of amides is 1. The van der Waals surface area contributed by atoms with E-state index < -0.39 is 5.91 Å². The maximum absolute atomic E-state index is 12.2. The fourth-order valence-electron chi connectivity index (χ4n) is 1.91. The Balaban J connectivity index is 2.23. The fraction of sp³-hybridized carbons (Fsp3) is 0.133. The second kappa shape index (κ2) is 8.24. The van der Waals surface area contributed by atoms with E-state index in [9.17, 15) is 4.79 Å². The predicted octanol–water partition coefficient (Wildman–Crippen LogP) is 3.41.